The molecule has 1 atom stereocenters. The molecular formula is C19H17BrFNO3. The highest BCUT2D eigenvalue weighted by Crippen LogP contribution is 2.19. The fraction of sp³-hybridized carbons (Fsp3) is 0.158. The molecule has 0 unspecified atom stereocenters. The maximum atomic E-state index is 13.5. The average molecular weight is 406 g/mol. The van der Waals surface area contributed by atoms with Gasteiger partial charge in [-0.2, -0.15) is 0 Å². The minimum atomic E-state index is -1.06. The number of benzene rings is 2. The van der Waals surface area contributed by atoms with Gasteiger partial charge >= 0.3 is 5.97 Å². The van der Waals surface area contributed by atoms with E-state index in [0.717, 1.165) is 15.6 Å². The fourth-order valence-corrected chi connectivity index (χ4v) is 2.61. The molecule has 0 saturated heterocycles. The van der Waals surface area contributed by atoms with Crippen LogP contribution in [-0.2, 0) is 14.3 Å². The first-order chi connectivity index (χ1) is 11.9. The summed E-state index contributed by atoms with van der Waals surface area (Å²) >= 11 is 3.41. The summed E-state index contributed by atoms with van der Waals surface area (Å²) in [6, 6.07) is 11.5. The van der Waals surface area contributed by atoms with Gasteiger partial charge in [0.2, 0.25) is 0 Å². The number of esters is 1. The summed E-state index contributed by atoms with van der Waals surface area (Å²) in [6.45, 7) is 3.38. The Kier molecular flexibility index (Phi) is 6.47. The summed E-state index contributed by atoms with van der Waals surface area (Å²) < 4.78 is 19.4. The Hall–Kier alpha value is -2.47. The highest BCUT2D eigenvalue weighted by Gasteiger charge is 2.17. The first-order valence-electron chi connectivity index (χ1n) is 7.57. The molecule has 0 saturated carbocycles. The van der Waals surface area contributed by atoms with E-state index in [4.69, 9.17) is 4.74 Å². The van der Waals surface area contributed by atoms with Gasteiger partial charge in [-0.1, -0.05) is 40.2 Å². The van der Waals surface area contributed by atoms with Crippen LogP contribution in [0.1, 0.15) is 18.1 Å². The van der Waals surface area contributed by atoms with Gasteiger partial charge in [0.1, 0.15) is 5.82 Å². The number of carbonyl (C=O) groups excluding carboxylic acids is 2. The van der Waals surface area contributed by atoms with E-state index < -0.39 is 23.8 Å². The monoisotopic (exact) mass is 405 g/mol. The molecule has 2 rings (SSSR count). The molecule has 0 bridgehead atoms. The largest absolute Gasteiger partial charge is 0.449 e. The number of carbonyl (C=O) groups is 2. The summed E-state index contributed by atoms with van der Waals surface area (Å²) in [6.07, 6.45) is 1.77. The van der Waals surface area contributed by atoms with Gasteiger partial charge in [0.25, 0.3) is 5.91 Å². The van der Waals surface area contributed by atoms with Gasteiger partial charge < -0.3 is 10.1 Å². The molecule has 6 heteroatoms. The molecule has 1 N–H and O–H groups in total. The second-order valence-electron chi connectivity index (χ2n) is 5.41. The van der Waals surface area contributed by atoms with Gasteiger partial charge in [-0.25, -0.2) is 9.18 Å². The Morgan fingerprint density at radius 1 is 1.24 bits per heavy atom. The molecule has 0 aliphatic carbocycles. The Morgan fingerprint density at radius 2 is 1.96 bits per heavy atom. The highest BCUT2D eigenvalue weighted by molar-refractivity contribution is 9.10. The van der Waals surface area contributed by atoms with Crippen LogP contribution >= 0.6 is 15.9 Å². The number of aryl methyl sites for hydroxylation is 1. The normalized spacial score (nSPS) is 12.0. The van der Waals surface area contributed by atoms with Crippen molar-refractivity contribution >= 4 is 39.6 Å². The van der Waals surface area contributed by atoms with Crippen molar-refractivity contribution in [3.05, 3.63) is 70.0 Å². The van der Waals surface area contributed by atoms with Crippen molar-refractivity contribution in [1.29, 1.82) is 0 Å². The third-order valence-electron chi connectivity index (χ3n) is 3.35. The van der Waals surface area contributed by atoms with E-state index in [-0.39, 0.29) is 5.69 Å². The van der Waals surface area contributed by atoms with Gasteiger partial charge in [0, 0.05) is 10.5 Å². The van der Waals surface area contributed by atoms with Crippen molar-refractivity contribution in [3.8, 4) is 0 Å². The lowest BCUT2D eigenvalue weighted by Crippen LogP contribution is -2.29. The molecule has 0 aromatic heterocycles. The third-order valence-corrected chi connectivity index (χ3v) is 4.04. The van der Waals surface area contributed by atoms with Crippen LogP contribution < -0.4 is 5.32 Å². The molecule has 0 aliphatic heterocycles. The number of halogens is 2. The SMILES string of the molecule is Cc1ccc(/C=C/C(=O)O[C@H](C)C(=O)Nc2ccccc2F)c(Br)c1. The number of anilines is 1. The van der Waals surface area contributed by atoms with E-state index >= 15 is 0 Å². The Balaban J connectivity index is 1.94. The molecule has 0 aliphatic rings. The van der Waals surface area contributed by atoms with Gasteiger partial charge in [0.05, 0.1) is 5.69 Å². The van der Waals surface area contributed by atoms with Crippen LogP contribution in [0.25, 0.3) is 6.08 Å². The van der Waals surface area contributed by atoms with Crippen LogP contribution in [0.2, 0.25) is 0 Å². The standard InChI is InChI=1S/C19H17BrFNO3/c1-12-7-8-14(15(20)11-12)9-10-18(23)25-13(2)19(24)22-17-6-4-3-5-16(17)21/h3-11,13H,1-2H3,(H,22,24)/b10-9+/t13-/m1/s1. The second-order valence-corrected chi connectivity index (χ2v) is 6.26. The average Bonchev–Trinajstić information content (AvgIpc) is 2.56. The van der Waals surface area contributed by atoms with E-state index in [0.29, 0.717) is 0 Å². The maximum absolute atomic E-state index is 13.5. The van der Waals surface area contributed by atoms with E-state index in [1.807, 2.05) is 25.1 Å². The van der Waals surface area contributed by atoms with Crippen LogP contribution in [0.15, 0.2) is 53.0 Å². The minimum Gasteiger partial charge on any atom is -0.449 e. The highest BCUT2D eigenvalue weighted by atomic mass is 79.9. The lowest BCUT2D eigenvalue weighted by molar-refractivity contribution is -0.148. The van der Waals surface area contributed by atoms with Gasteiger partial charge in [-0.3, -0.25) is 4.79 Å². The van der Waals surface area contributed by atoms with Gasteiger partial charge in [0.15, 0.2) is 6.10 Å². The number of rotatable bonds is 5. The van der Waals surface area contributed by atoms with Crippen LogP contribution in [0.3, 0.4) is 0 Å². The Labute approximate surface area is 153 Å². The zero-order chi connectivity index (χ0) is 18.4. The van der Waals surface area contributed by atoms with Crippen LogP contribution in [0, 0.1) is 12.7 Å². The first-order valence-corrected chi connectivity index (χ1v) is 8.36. The first kappa shape index (κ1) is 18.9. The lowest BCUT2D eigenvalue weighted by Gasteiger charge is -2.12. The molecule has 130 valence electrons. The molecule has 0 spiro atoms. The number of hydrogen-bond donors (Lipinski definition) is 1. The lowest BCUT2D eigenvalue weighted by atomic mass is 10.1. The van der Waals surface area contributed by atoms with Gasteiger partial charge in [-0.05, 0) is 49.2 Å². The quantitative estimate of drug-likeness (QED) is 0.589. The number of para-hydroxylation sites is 1. The van der Waals surface area contributed by atoms with Crippen molar-refractivity contribution in [2.45, 2.75) is 20.0 Å². The topological polar surface area (TPSA) is 55.4 Å². The number of amides is 1. The van der Waals surface area contributed by atoms with Crippen molar-refractivity contribution in [1.82, 2.24) is 0 Å². The summed E-state index contributed by atoms with van der Waals surface area (Å²) in [4.78, 5) is 23.8. The molecule has 0 heterocycles. The third kappa shape index (κ3) is 5.53. The Bertz CT molecular complexity index is 820. The zero-order valence-corrected chi connectivity index (χ0v) is 15.3. The molecule has 0 radical (unpaired) electrons. The summed E-state index contributed by atoms with van der Waals surface area (Å²) in [7, 11) is 0. The van der Waals surface area contributed by atoms with Crippen LogP contribution in [0.5, 0.6) is 0 Å². The van der Waals surface area contributed by atoms with Gasteiger partial charge in [-0.15, -0.1) is 0 Å². The second kappa shape index (κ2) is 8.58. The smallest absolute Gasteiger partial charge is 0.331 e. The molecule has 1 amide bonds. The van der Waals surface area contributed by atoms with E-state index in [1.54, 1.807) is 12.1 Å². The molecular weight excluding hydrogens is 389 g/mol. The van der Waals surface area contributed by atoms with Crippen molar-refractivity contribution in [2.24, 2.45) is 0 Å². The molecule has 4 nitrogen and oxygen atoms in total. The molecule has 2 aromatic rings. The number of nitrogens with one attached hydrogen (secondary N) is 1. The number of ether oxygens (including phenoxy) is 1. The molecule has 25 heavy (non-hydrogen) atoms. The summed E-state index contributed by atoms with van der Waals surface area (Å²) in [5.74, 6) is -1.83. The fourth-order valence-electron chi connectivity index (χ4n) is 1.99. The summed E-state index contributed by atoms with van der Waals surface area (Å²) in [5, 5.41) is 2.38. The molecule has 0 fully saturated rings. The maximum Gasteiger partial charge on any atom is 0.331 e. The molecule has 2 aromatic carbocycles. The van der Waals surface area contributed by atoms with E-state index in [1.165, 1.54) is 31.2 Å². The predicted molar refractivity (Wildman–Crippen MR) is 98.5 cm³/mol. The number of hydrogen-bond acceptors (Lipinski definition) is 3. The van der Waals surface area contributed by atoms with Crippen molar-refractivity contribution < 1.29 is 18.7 Å². The van der Waals surface area contributed by atoms with E-state index in [2.05, 4.69) is 21.2 Å². The van der Waals surface area contributed by atoms with E-state index in [9.17, 15) is 14.0 Å². The zero-order valence-electron chi connectivity index (χ0n) is 13.8. The van der Waals surface area contributed by atoms with Crippen LogP contribution in [0.4, 0.5) is 10.1 Å². The predicted octanol–water partition coefficient (Wildman–Crippen LogP) is 4.48. The summed E-state index contributed by atoms with van der Waals surface area (Å²) in [5.41, 5.74) is 1.94. The van der Waals surface area contributed by atoms with Crippen molar-refractivity contribution in [3.63, 3.8) is 0 Å². The Morgan fingerprint density at radius 3 is 2.64 bits per heavy atom. The minimum absolute atomic E-state index is 0.0366. The van der Waals surface area contributed by atoms with Crippen molar-refractivity contribution in [2.75, 3.05) is 5.32 Å². The van der Waals surface area contributed by atoms with Crippen LogP contribution in [-0.4, -0.2) is 18.0 Å².